The van der Waals surface area contributed by atoms with Crippen molar-refractivity contribution >= 4 is 17.6 Å². The number of benzene rings is 1. The fourth-order valence-electron chi connectivity index (χ4n) is 2.11. The largest absolute Gasteiger partial charge is 0.383 e. The quantitative estimate of drug-likeness (QED) is 0.374. The summed E-state index contributed by atoms with van der Waals surface area (Å²) < 4.78 is 0. The first kappa shape index (κ1) is 15.0. The summed E-state index contributed by atoms with van der Waals surface area (Å²) in [6, 6.07) is 8.78. The predicted molar refractivity (Wildman–Crippen MR) is 81.2 cm³/mol. The molecule has 1 unspecified atom stereocenters. The van der Waals surface area contributed by atoms with E-state index in [0.717, 1.165) is 0 Å². The van der Waals surface area contributed by atoms with Crippen LogP contribution in [-0.2, 0) is 0 Å². The van der Waals surface area contributed by atoms with Gasteiger partial charge in [0.2, 0.25) is 6.54 Å². The third-order valence-electron chi connectivity index (χ3n) is 3.04. The van der Waals surface area contributed by atoms with Crippen LogP contribution in [0.2, 0.25) is 0 Å². The van der Waals surface area contributed by atoms with Gasteiger partial charge >= 0.3 is 0 Å². The summed E-state index contributed by atoms with van der Waals surface area (Å²) in [5.41, 5.74) is 6.20. The Morgan fingerprint density at radius 3 is 2.62 bits per heavy atom. The van der Waals surface area contributed by atoms with E-state index in [1.165, 1.54) is 11.8 Å². The van der Waals surface area contributed by atoms with Gasteiger partial charge in [0.25, 0.3) is 5.56 Å². The van der Waals surface area contributed by atoms with Gasteiger partial charge in [0.15, 0.2) is 5.16 Å². The smallest absolute Gasteiger partial charge is 0.257 e. The van der Waals surface area contributed by atoms with Gasteiger partial charge in [0.05, 0.1) is 11.5 Å². The van der Waals surface area contributed by atoms with Crippen LogP contribution in [0, 0.1) is 10.1 Å². The van der Waals surface area contributed by atoms with Crippen LogP contribution in [0.4, 0.5) is 5.82 Å². The van der Waals surface area contributed by atoms with Crippen molar-refractivity contribution in [2.45, 2.75) is 11.1 Å². The molecule has 0 saturated heterocycles. The SMILES string of the molecule is CSc1nc(N)c(C(C[N+](=O)[O-])c2ccccc2)c(=O)[nH]1. The van der Waals surface area contributed by atoms with Crippen LogP contribution in [0.3, 0.4) is 0 Å². The van der Waals surface area contributed by atoms with Crippen molar-refractivity contribution in [2.75, 3.05) is 18.5 Å². The second-order valence-corrected chi connectivity index (χ2v) is 5.15. The first-order chi connectivity index (χ1) is 10.0. The Balaban J connectivity index is 2.57. The molecule has 21 heavy (non-hydrogen) atoms. The third kappa shape index (κ3) is 3.40. The second kappa shape index (κ2) is 6.40. The Morgan fingerprint density at radius 2 is 2.10 bits per heavy atom. The molecule has 3 N–H and O–H groups in total. The maximum absolute atomic E-state index is 12.2. The number of hydrogen-bond acceptors (Lipinski definition) is 6. The molecule has 1 atom stereocenters. The number of hydrogen-bond donors (Lipinski definition) is 2. The van der Waals surface area contributed by atoms with Crippen LogP contribution < -0.4 is 11.3 Å². The molecule has 0 aliphatic carbocycles. The molecular formula is C13H14N4O3S. The minimum atomic E-state index is -0.728. The van der Waals surface area contributed by atoms with Crippen LogP contribution in [0.25, 0.3) is 0 Å². The van der Waals surface area contributed by atoms with Crippen LogP contribution in [0.5, 0.6) is 0 Å². The highest BCUT2D eigenvalue weighted by molar-refractivity contribution is 7.98. The minimum Gasteiger partial charge on any atom is -0.383 e. The van der Waals surface area contributed by atoms with Gasteiger partial charge in [0, 0.05) is 4.92 Å². The first-order valence-electron chi connectivity index (χ1n) is 6.13. The number of aromatic nitrogens is 2. The number of nitrogens with two attached hydrogens (primary N) is 1. The lowest BCUT2D eigenvalue weighted by molar-refractivity contribution is -0.481. The number of anilines is 1. The van der Waals surface area contributed by atoms with Crippen molar-refractivity contribution in [2.24, 2.45) is 0 Å². The van der Waals surface area contributed by atoms with Crippen LogP contribution in [-0.4, -0.2) is 27.7 Å². The lowest BCUT2D eigenvalue weighted by Crippen LogP contribution is -2.25. The van der Waals surface area contributed by atoms with Gasteiger partial charge in [-0.2, -0.15) is 0 Å². The van der Waals surface area contributed by atoms with Gasteiger partial charge in [0.1, 0.15) is 5.82 Å². The van der Waals surface area contributed by atoms with E-state index >= 15 is 0 Å². The van der Waals surface area contributed by atoms with Crippen molar-refractivity contribution in [1.29, 1.82) is 0 Å². The second-order valence-electron chi connectivity index (χ2n) is 4.35. The molecule has 8 heteroatoms. The Labute approximate surface area is 124 Å². The molecule has 0 saturated carbocycles. The van der Waals surface area contributed by atoms with E-state index in [1.807, 2.05) is 0 Å². The predicted octanol–water partition coefficient (Wildman–Crippen LogP) is 1.48. The molecule has 0 amide bonds. The molecule has 2 aromatic rings. The fourth-order valence-corrected chi connectivity index (χ4v) is 2.49. The highest BCUT2D eigenvalue weighted by Gasteiger charge is 2.26. The maximum atomic E-state index is 12.2. The monoisotopic (exact) mass is 306 g/mol. The molecule has 7 nitrogen and oxygen atoms in total. The third-order valence-corrected chi connectivity index (χ3v) is 3.62. The Kier molecular flexibility index (Phi) is 4.59. The highest BCUT2D eigenvalue weighted by Crippen LogP contribution is 2.26. The van der Waals surface area contributed by atoms with Crippen molar-refractivity contribution in [3.63, 3.8) is 0 Å². The zero-order valence-electron chi connectivity index (χ0n) is 11.3. The molecule has 0 spiro atoms. The molecule has 0 fully saturated rings. The van der Waals surface area contributed by atoms with Gasteiger partial charge in [-0.25, -0.2) is 4.98 Å². The molecule has 0 radical (unpaired) electrons. The van der Waals surface area contributed by atoms with Crippen molar-refractivity contribution in [1.82, 2.24) is 9.97 Å². The highest BCUT2D eigenvalue weighted by atomic mass is 32.2. The molecule has 110 valence electrons. The lowest BCUT2D eigenvalue weighted by Gasteiger charge is -2.14. The number of nitrogens with one attached hydrogen (secondary N) is 1. The lowest BCUT2D eigenvalue weighted by atomic mass is 9.92. The molecule has 1 heterocycles. The number of nitrogens with zero attached hydrogens (tertiary/aromatic N) is 2. The van der Waals surface area contributed by atoms with E-state index in [4.69, 9.17) is 5.73 Å². The number of nitro groups is 1. The number of H-pyrrole nitrogens is 1. The van der Waals surface area contributed by atoms with E-state index in [9.17, 15) is 14.9 Å². The summed E-state index contributed by atoms with van der Waals surface area (Å²) in [5, 5.41) is 11.3. The van der Waals surface area contributed by atoms with Crippen LogP contribution >= 0.6 is 11.8 Å². The number of thioether (sulfide) groups is 1. The summed E-state index contributed by atoms with van der Waals surface area (Å²) in [6.07, 6.45) is 1.75. The normalized spacial score (nSPS) is 12.0. The average molecular weight is 306 g/mol. The van der Waals surface area contributed by atoms with Crippen molar-refractivity contribution in [3.8, 4) is 0 Å². The summed E-state index contributed by atoms with van der Waals surface area (Å²) in [5.74, 6) is -0.702. The van der Waals surface area contributed by atoms with Crippen molar-refractivity contribution in [3.05, 3.63) is 61.9 Å². The summed E-state index contributed by atoms with van der Waals surface area (Å²) in [6.45, 7) is -0.419. The van der Waals surface area contributed by atoms with E-state index in [-0.39, 0.29) is 11.4 Å². The summed E-state index contributed by atoms with van der Waals surface area (Å²) in [7, 11) is 0. The first-order valence-corrected chi connectivity index (χ1v) is 7.35. The molecule has 1 aromatic carbocycles. The average Bonchev–Trinajstić information content (AvgIpc) is 2.45. The maximum Gasteiger partial charge on any atom is 0.257 e. The van der Waals surface area contributed by atoms with Crippen LogP contribution in [0.15, 0.2) is 40.3 Å². The molecule has 0 bridgehead atoms. The molecule has 0 aliphatic rings. The standard InChI is InChI=1S/C13H14N4O3S/c1-21-13-15-11(14)10(12(18)16-13)9(7-17(19)20)8-5-3-2-4-6-8/h2-6,9H,7H2,1H3,(H3,14,15,16,18). The Hall–Kier alpha value is -2.35. The van der Waals surface area contributed by atoms with E-state index in [2.05, 4.69) is 9.97 Å². The van der Waals surface area contributed by atoms with E-state index < -0.39 is 22.9 Å². The van der Waals surface area contributed by atoms with Gasteiger partial charge in [-0.1, -0.05) is 42.1 Å². The molecule has 2 rings (SSSR count). The molecule has 0 aliphatic heterocycles. The topological polar surface area (TPSA) is 115 Å². The summed E-state index contributed by atoms with van der Waals surface area (Å²) in [4.78, 5) is 29.3. The Bertz CT molecular complexity index is 702. The number of rotatable bonds is 5. The van der Waals surface area contributed by atoms with Crippen molar-refractivity contribution < 1.29 is 4.92 Å². The fraction of sp³-hybridized carbons (Fsp3) is 0.231. The van der Waals surface area contributed by atoms with Gasteiger partial charge < -0.3 is 10.7 Å². The van der Waals surface area contributed by atoms with Crippen LogP contribution in [0.1, 0.15) is 17.0 Å². The van der Waals surface area contributed by atoms with Gasteiger partial charge in [-0.05, 0) is 11.8 Å². The zero-order valence-corrected chi connectivity index (χ0v) is 12.1. The van der Waals surface area contributed by atoms with Gasteiger partial charge in [-0.15, -0.1) is 0 Å². The number of nitrogen functional groups attached to an aromatic ring is 1. The minimum absolute atomic E-state index is 0.0267. The molecular weight excluding hydrogens is 292 g/mol. The van der Waals surface area contributed by atoms with E-state index in [0.29, 0.717) is 10.7 Å². The summed E-state index contributed by atoms with van der Waals surface area (Å²) >= 11 is 1.25. The van der Waals surface area contributed by atoms with E-state index in [1.54, 1.807) is 36.6 Å². The van der Waals surface area contributed by atoms with Gasteiger partial charge in [-0.3, -0.25) is 14.9 Å². The number of aromatic amines is 1. The zero-order chi connectivity index (χ0) is 15.4. The Morgan fingerprint density at radius 1 is 1.43 bits per heavy atom. The molecule has 1 aromatic heterocycles.